The van der Waals surface area contributed by atoms with Crippen LogP contribution < -0.4 is 5.73 Å². The summed E-state index contributed by atoms with van der Waals surface area (Å²) in [5, 5.41) is 0. The molecule has 0 aliphatic rings. The first kappa shape index (κ1) is 9.02. The molecule has 0 rings (SSSR count). The molecular weight excluding hydrogens is 122 g/mol. The van der Waals surface area contributed by atoms with Gasteiger partial charge in [0, 0.05) is 5.70 Å². The van der Waals surface area contributed by atoms with Crippen LogP contribution in [0.15, 0.2) is 35.6 Å². The first-order valence-corrected chi connectivity index (χ1v) is 3.40. The number of hydrogen-bond donors (Lipinski definition) is 1. The molecule has 0 heterocycles. The fourth-order valence-electron chi connectivity index (χ4n) is 0.589. The molecule has 0 aromatic heterocycles. The molecule has 0 aliphatic carbocycles. The van der Waals surface area contributed by atoms with Crippen molar-refractivity contribution in [1.82, 2.24) is 0 Å². The lowest BCUT2D eigenvalue weighted by atomic mass is 10.2. The van der Waals surface area contributed by atoms with Gasteiger partial charge in [-0.05, 0) is 32.9 Å². The molecule has 56 valence electrons. The summed E-state index contributed by atoms with van der Waals surface area (Å²) >= 11 is 0. The maximum absolute atomic E-state index is 5.59. The number of rotatable bonds is 2. The van der Waals surface area contributed by atoms with Gasteiger partial charge in [0.15, 0.2) is 0 Å². The Hall–Kier alpha value is -0.980. The lowest BCUT2D eigenvalue weighted by molar-refractivity contribution is 1.32. The van der Waals surface area contributed by atoms with Crippen molar-refractivity contribution in [2.45, 2.75) is 20.8 Å². The van der Waals surface area contributed by atoms with Crippen LogP contribution >= 0.6 is 0 Å². The zero-order valence-corrected chi connectivity index (χ0v) is 6.89. The second kappa shape index (κ2) is 4.86. The summed E-state index contributed by atoms with van der Waals surface area (Å²) in [6.07, 6.45) is 7.70. The Labute approximate surface area is 62.9 Å². The first-order chi connectivity index (χ1) is 4.66. The molecule has 0 amide bonds. The van der Waals surface area contributed by atoms with Crippen molar-refractivity contribution in [2.24, 2.45) is 5.73 Å². The van der Waals surface area contributed by atoms with Gasteiger partial charge in [-0.2, -0.15) is 0 Å². The Kier molecular flexibility index (Phi) is 4.38. The van der Waals surface area contributed by atoms with Gasteiger partial charge in [-0.1, -0.05) is 17.7 Å². The van der Waals surface area contributed by atoms with Gasteiger partial charge >= 0.3 is 0 Å². The molecule has 10 heavy (non-hydrogen) atoms. The molecule has 1 nitrogen and oxygen atoms in total. The molecule has 0 radical (unpaired) electrons. The Morgan fingerprint density at radius 1 is 1.30 bits per heavy atom. The van der Waals surface area contributed by atoms with Gasteiger partial charge in [-0.3, -0.25) is 0 Å². The number of nitrogens with two attached hydrogens (primary N) is 1. The molecule has 1 heteroatoms. The van der Waals surface area contributed by atoms with E-state index in [4.69, 9.17) is 5.73 Å². The summed E-state index contributed by atoms with van der Waals surface area (Å²) in [7, 11) is 0. The second-order valence-corrected chi connectivity index (χ2v) is 2.41. The van der Waals surface area contributed by atoms with Crippen LogP contribution in [0.1, 0.15) is 20.8 Å². The third-order valence-corrected chi connectivity index (χ3v) is 0.936. The van der Waals surface area contributed by atoms with Gasteiger partial charge in [0.25, 0.3) is 0 Å². The predicted octanol–water partition coefficient (Wildman–Crippen LogP) is 2.37. The Morgan fingerprint density at radius 3 is 2.30 bits per heavy atom. The Bertz CT molecular complexity index is 169. The van der Waals surface area contributed by atoms with Crippen molar-refractivity contribution >= 4 is 0 Å². The summed E-state index contributed by atoms with van der Waals surface area (Å²) < 4.78 is 0. The first-order valence-electron chi connectivity index (χ1n) is 3.40. The Balaban J connectivity index is 4.08. The molecule has 0 fully saturated rings. The highest BCUT2D eigenvalue weighted by Crippen LogP contribution is 1.94. The summed E-state index contributed by atoms with van der Waals surface area (Å²) in [5.41, 5.74) is 7.62. The van der Waals surface area contributed by atoms with Gasteiger partial charge in [0.2, 0.25) is 0 Å². The van der Waals surface area contributed by atoms with E-state index in [0.29, 0.717) is 0 Å². The molecule has 0 aliphatic heterocycles. The van der Waals surface area contributed by atoms with E-state index in [9.17, 15) is 0 Å². The van der Waals surface area contributed by atoms with Crippen LogP contribution in [0.3, 0.4) is 0 Å². The third-order valence-electron chi connectivity index (χ3n) is 0.936. The quantitative estimate of drug-likeness (QED) is 0.581. The fraction of sp³-hybridized carbons (Fsp3) is 0.333. The maximum Gasteiger partial charge on any atom is 0.0313 e. The predicted molar refractivity (Wildman–Crippen MR) is 46.5 cm³/mol. The normalized spacial score (nSPS) is 12.1. The highest BCUT2D eigenvalue weighted by molar-refractivity contribution is 5.22. The zero-order valence-electron chi connectivity index (χ0n) is 6.89. The van der Waals surface area contributed by atoms with Crippen molar-refractivity contribution in [3.8, 4) is 0 Å². The molecular formula is C9H15N. The average Bonchev–Trinajstić information content (AvgIpc) is 1.82. The van der Waals surface area contributed by atoms with Gasteiger partial charge < -0.3 is 5.73 Å². The van der Waals surface area contributed by atoms with Crippen LogP contribution in [0.5, 0.6) is 0 Å². The average molecular weight is 137 g/mol. The molecule has 0 atom stereocenters. The summed E-state index contributed by atoms with van der Waals surface area (Å²) in [5.74, 6) is 0. The van der Waals surface area contributed by atoms with Crippen molar-refractivity contribution < 1.29 is 0 Å². The van der Waals surface area contributed by atoms with E-state index in [0.717, 1.165) is 5.70 Å². The summed E-state index contributed by atoms with van der Waals surface area (Å²) in [6, 6.07) is 0. The van der Waals surface area contributed by atoms with E-state index in [2.05, 4.69) is 0 Å². The molecule has 0 aromatic carbocycles. The molecule has 0 saturated carbocycles. The van der Waals surface area contributed by atoms with E-state index in [1.54, 1.807) is 0 Å². The number of allylic oxidation sites excluding steroid dienone is 5. The highest BCUT2D eigenvalue weighted by Gasteiger charge is 1.79. The lowest BCUT2D eigenvalue weighted by Crippen LogP contribution is -1.91. The minimum atomic E-state index is 0.804. The minimum absolute atomic E-state index is 0.804. The Morgan fingerprint density at radius 2 is 1.90 bits per heavy atom. The standard InChI is InChI=1S/C9H15N/c1-4-5-6-9(10)7-8(2)3/h4-7H,10H2,1-3H3/b5-4+,9-6+. The fourth-order valence-corrected chi connectivity index (χ4v) is 0.589. The minimum Gasteiger partial charge on any atom is -0.399 e. The van der Waals surface area contributed by atoms with Crippen molar-refractivity contribution in [3.63, 3.8) is 0 Å². The van der Waals surface area contributed by atoms with Crippen LogP contribution in [-0.2, 0) is 0 Å². The molecule has 0 aromatic rings. The topological polar surface area (TPSA) is 26.0 Å². The van der Waals surface area contributed by atoms with Crippen LogP contribution in [0.4, 0.5) is 0 Å². The lowest BCUT2D eigenvalue weighted by Gasteiger charge is -1.90. The van der Waals surface area contributed by atoms with Crippen LogP contribution in [0.2, 0.25) is 0 Å². The molecule has 0 bridgehead atoms. The van der Waals surface area contributed by atoms with E-state index in [1.807, 2.05) is 45.1 Å². The van der Waals surface area contributed by atoms with Crippen molar-refractivity contribution in [2.75, 3.05) is 0 Å². The zero-order chi connectivity index (χ0) is 7.98. The summed E-state index contributed by atoms with van der Waals surface area (Å²) in [6.45, 7) is 6.01. The number of hydrogen-bond acceptors (Lipinski definition) is 1. The van der Waals surface area contributed by atoms with Gasteiger partial charge in [0.1, 0.15) is 0 Å². The van der Waals surface area contributed by atoms with Crippen LogP contribution in [0, 0.1) is 0 Å². The molecule has 0 spiro atoms. The van der Waals surface area contributed by atoms with Gasteiger partial charge in [0.05, 0.1) is 0 Å². The van der Waals surface area contributed by atoms with Gasteiger partial charge in [-0.25, -0.2) is 0 Å². The van der Waals surface area contributed by atoms with Crippen LogP contribution in [-0.4, -0.2) is 0 Å². The maximum atomic E-state index is 5.59. The summed E-state index contributed by atoms with van der Waals surface area (Å²) in [4.78, 5) is 0. The second-order valence-electron chi connectivity index (χ2n) is 2.41. The largest absolute Gasteiger partial charge is 0.399 e. The van der Waals surface area contributed by atoms with E-state index in [1.165, 1.54) is 5.57 Å². The van der Waals surface area contributed by atoms with Gasteiger partial charge in [-0.15, -0.1) is 0 Å². The molecule has 0 saturated heterocycles. The van der Waals surface area contributed by atoms with E-state index in [-0.39, 0.29) is 0 Å². The van der Waals surface area contributed by atoms with Crippen molar-refractivity contribution in [3.05, 3.63) is 35.6 Å². The van der Waals surface area contributed by atoms with E-state index >= 15 is 0 Å². The SMILES string of the molecule is C/C=C/C=C(/N)C=C(C)C. The smallest absolute Gasteiger partial charge is 0.0313 e. The highest BCUT2D eigenvalue weighted by atomic mass is 14.5. The third kappa shape index (κ3) is 5.16. The molecule has 0 unspecified atom stereocenters. The molecule has 2 N–H and O–H groups in total. The van der Waals surface area contributed by atoms with Crippen molar-refractivity contribution in [1.29, 1.82) is 0 Å². The monoisotopic (exact) mass is 137 g/mol. The van der Waals surface area contributed by atoms with E-state index < -0.39 is 0 Å². The van der Waals surface area contributed by atoms with Crippen LogP contribution in [0.25, 0.3) is 0 Å².